The summed E-state index contributed by atoms with van der Waals surface area (Å²) in [6, 6.07) is 0. The second-order valence-corrected chi connectivity index (χ2v) is 3.58. The molecule has 0 amide bonds. The average molecular weight is 184 g/mol. The van der Waals surface area contributed by atoms with Crippen LogP contribution < -0.4 is 0 Å². The molecule has 0 rings (SSSR count). The van der Waals surface area contributed by atoms with Crippen molar-refractivity contribution in [2.45, 2.75) is 40.5 Å². The van der Waals surface area contributed by atoms with E-state index in [9.17, 15) is 4.79 Å². The van der Waals surface area contributed by atoms with Crippen molar-refractivity contribution < 1.29 is 9.53 Å². The predicted molar refractivity (Wildman–Crippen MR) is 54.5 cm³/mol. The Morgan fingerprint density at radius 3 is 2.54 bits per heavy atom. The lowest BCUT2D eigenvalue weighted by atomic mass is 10.1. The fraction of sp³-hybridized carbons (Fsp3) is 0.727. The zero-order valence-electron chi connectivity index (χ0n) is 9.09. The molecule has 0 saturated heterocycles. The van der Waals surface area contributed by atoms with E-state index in [-0.39, 0.29) is 5.97 Å². The number of hydrogen-bond donors (Lipinski definition) is 0. The molecule has 0 aliphatic rings. The van der Waals surface area contributed by atoms with Gasteiger partial charge in [0, 0.05) is 5.57 Å². The molecule has 13 heavy (non-hydrogen) atoms. The lowest BCUT2D eigenvalue weighted by Crippen LogP contribution is -2.07. The van der Waals surface area contributed by atoms with Crippen molar-refractivity contribution in [3.05, 3.63) is 11.6 Å². The second kappa shape index (κ2) is 6.70. The molecule has 76 valence electrons. The van der Waals surface area contributed by atoms with Crippen LogP contribution in [0.2, 0.25) is 0 Å². The topological polar surface area (TPSA) is 26.3 Å². The maximum absolute atomic E-state index is 11.3. The average Bonchev–Trinajstić information content (AvgIpc) is 2.03. The summed E-state index contributed by atoms with van der Waals surface area (Å²) in [4.78, 5) is 11.3. The minimum absolute atomic E-state index is 0.179. The summed E-state index contributed by atoms with van der Waals surface area (Å²) in [6.07, 6.45) is 3.93. The van der Waals surface area contributed by atoms with E-state index in [4.69, 9.17) is 4.74 Å². The maximum Gasteiger partial charge on any atom is 0.333 e. The van der Waals surface area contributed by atoms with Gasteiger partial charge in [-0.3, -0.25) is 0 Å². The SMILES string of the molecule is CCCCOC(=O)C(C)=CC(C)C. The van der Waals surface area contributed by atoms with E-state index in [0.29, 0.717) is 18.1 Å². The quantitative estimate of drug-likeness (QED) is 0.373. The first kappa shape index (κ1) is 12.2. The molecule has 0 N–H and O–H groups in total. The molecular weight excluding hydrogens is 164 g/mol. The zero-order valence-corrected chi connectivity index (χ0v) is 9.09. The molecule has 0 aromatic heterocycles. The van der Waals surface area contributed by atoms with E-state index in [2.05, 4.69) is 6.92 Å². The van der Waals surface area contributed by atoms with Crippen LogP contribution in [0.4, 0.5) is 0 Å². The third kappa shape index (κ3) is 6.38. The highest BCUT2D eigenvalue weighted by Crippen LogP contribution is 2.04. The summed E-state index contributed by atoms with van der Waals surface area (Å²) in [6.45, 7) is 8.50. The van der Waals surface area contributed by atoms with Gasteiger partial charge >= 0.3 is 5.97 Å². The van der Waals surface area contributed by atoms with Gasteiger partial charge in [0.1, 0.15) is 0 Å². The van der Waals surface area contributed by atoms with E-state index in [0.717, 1.165) is 12.8 Å². The summed E-state index contributed by atoms with van der Waals surface area (Å²) in [7, 11) is 0. The molecule has 0 bridgehead atoms. The van der Waals surface area contributed by atoms with E-state index in [1.807, 2.05) is 19.9 Å². The highest BCUT2D eigenvalue weighted by Gasteiger charge is 2.04. The van der Waals surface area contributed by atoms with Crippen LogP contribution >= 0.6 is 0 Å². The van der Waals surface area contributed by atoms with Crippen molar-refractivity contribution in [1.82, 2.24) is 0 Å². The number of allylic oxidation sites excluding steroid dienone is 1. The van der Waals surface area contributed by atoms with Crippen LogP contribution in [-0.2, 0) is 9.53 Å². The first-order valence-corrected chi connectivity index (χ1v) is 4.93. The number of carbonyl (C=O) groups excluding carboxylic acids is 1. The molecule has 0 spiro atoms. The van der Waals surface area contributed by atoms with Crippen LogP contribution in [0.1, 0.15) is 40.5 Å². The number of esters is 1. The Hall–Kier alpha value is -0.790. The van der Waals surface area contributed by atoms with E-state index in [1.54, 1.807) is 6.92 Å². The Morgan fingerprint density at radius 1 is 1.46 bits per heavy atom. The minimum Gasteiger partial charge on any atom is -0.462 e. The molecule has 0 aliphatic carbocycles. The number of unbranched alkanes of at least 4 members (excludes halogenated alkanes) is 1. The van der Waals surface area contributed by atoms with Gasteiger partial charge in [-0.2, -0.15) is 0 Å². The lowest BCUT2D eigenvalue weighted by molar-refractivity contribution is -0.139. The van der Waals surface area contributed by atoms with Gasteiger partial charge < -0.3 is 4.74 Å². The first-order chi connectivity index (χ1) is 6.07. The third-order valence-corrected chi connectivity index (χ3v) is 1.64. The Balaban J connectivity index is 3.83. The van der Waals surface area contributed by atoms with E-state index in [1.165, 1.54) is 0 Å². The fourth-order valence-electron chi connectivity index (χ4n) is 0.991. The molecule has 2 nitrogen and oxygen atoms in total. The highest BCUT2D eigenvalue weighted by atomic mass is 16.5. The van der Waals surface area contributed by atoms with Gasteiger partial charge in [-0.05, 0) is 19.3 Å². The summed E-state index contributed by atoms with van der Waals surface area (Å²) < 4.78 is 5.04. The number of ether oxygens (including phenoxy) is 1. The molecule has 0 aromatic carbocycles. The van der Waals surface area contributed by atoms with E-state index < -0.39 is 0 Å². The van der Waals surface area contributed by atoms with Gasteiger partial charge in [0.15, 0.2) is 0 Å². The lowest BCUT2D eigenvalue weighted by Gasteiger charge is -2.04. The van der Waals surface area contributed by atoms with Crippen molar-refractivity contribution in [3.63, 3.8) is 0 Å². The molecule has 0 saturated carbocycles. The summed E-state index contributed by atoms with van der Waals surface area (Å²) in [5, 5.41) is 0. The van der Waals surface area contributed by atoms with Gasteiger partial charge in [0.05, 0.1) is 6.61 Å². The molecule has 0 radical (unpaired) electrons. The molecule has 0 unspecified atom stereocenters. The Labute approximate surface area is 81.0 Å². The van der Waals surface area contributed by atoms with Crippen LogP contribution in [0, 0.1) is 5.92 Å². The van der Waals surface area contributed by atoms with Gasteiger partial charge in [0.25, 0.3) is 0 Å². The van der Waals surface area contributed by atoms with Crippen LogP contribution in [0.3, 0.4) is 0 Å². The molecule has 2 heteroatoms. The predicted octanol–water partition coefficient (Wildman–Crippen LogP) is 2.93. The van der Waals surface area contributed by atoms with Gasteiger partial charge in [-0.25, -0.2) is 4.79 Å². The van der Waals surface area contributed by atoms with Gasteiger partial charge in [-0.1, -0.05) is 33.3 Å². The molecule has 0 heterocycles. The number of hydrogen-bond acceptors (Lipinski definition) is 2. The maximum atomic E-state index is 11.3. The van der Waals surface area contributed by atoms with Crippen LogP contribution in [0.5, 0.6) is 0 Å². The monoisotopic (exact) mass is 184 g/mol. The van der Waals surface area contributed by atoms with Crippen molar-refractivity contribution in [1.29, 1.82) is 0 Å². The zero-order chi connectivity index (χ0) is 10.3. The first-order valence-electron chi connectivity index (χ1n) is 4.93. The Bertz CT molecular complexity index is 181. The molecule has 0 fully saturated rings. The van der Waals surface area contributed by atoms with Crippen LogP contribution in [0.15, 0.2) is 11.6 Å². The van der Waals surface area contributed by atoms with Crippen molar-refractivity contribution in [3.8, 4) is 0 Å². The molecule has 0 atom stereocenters. The normalized spacial score (nSPS) is 11.9. The molecule has 0 aromatic rings. The number of carbonyl (C=O) groups is 1. The van der Waals surface area contributed by atoms with Crippen molar-refractivity contribution in [2.24, 2.45) is 5.92 Å². The van der Waals surface area contributed by atoms with Gasteiger partial charge in [0.2, 0.25) is 0 Å². The van der Waals surface area contributed by atoms with E-state index >= 15 is 0 Å². The minimum atomic E-state index is -0.179. The molecule has 0 aliphatic heterocycles. The molecular formula is C11H20O2. The third-order valence-electron chi connectivity index (χ3n) is 1.64. The summed E-state index contributed by atoms with van der Waals surface area (Å²) in [5.41, 5.74) is 0.714. The summed E-state index contributed by atoms with van der Waals surface area (Å²) in [5.74, 6) is 0.223. The Kier molecular flexibility index (Phi) is 6.29. The van der Waals surface area contributed by atoms with Crippen LogP contribution in [0.25, 0.3) is 0 Å². The summed E-state index contributed by atoms with van der Waals surface area (Å²) >= 11 is 0. The van der Waals surface area contributed by atoms with Crippen molar-refractivity contribution in [2.75, 3.05) is 6.61 Å². The largest absolute Gasteiger partial charge is 0.462 e. The van der Waals surface area contributed by atoms with Crippen LogP contribution in [-0.4, -0.2) is 12.6 Å². The highest BCUT2D eigenvalue weighted by molar-refractivity contribution is 5.87. The smallest absolute Gasteiger partial charge is 0.333 e. The number of rotatable bonds is 5. The van der Waals surface area contributed by atoms with Gasteiger partial charge in [-0.15, -0.1) is 0 Å². The Morgan fingerprint density at radius 2 is 2.08 bits per heavy atom. The van der Waals surface area contributed by atoms with Crippen molar-refractivity contribution >= 4 is 5.97 Å². The standard InChI is InChI=1S/C11H20O2/c1-5-6-7-13-11(12)10(4)8-9(2)3/h8-9H,5-7H2,1-4H3. The second-order valence-electron chi connectivity index (χ2n) is 3.58. The fourth-order valence-corrected chi connectivity index (χ4v) is 0.991.